The number of aliphatic carboxylic acids is 1. The number of anilines is 4. The van der Waals surface area contributed by atoms with Crippen LogP contribution >= 0.6 is 0 Å². The standard InChI is InChI=1S/C26H30F3N5O3/c1-2-22(35)32-21-13-16(15-6-3-4-7-15)10-11-20(21)33-23-19(26(27,28)29)14-30-25(34-23)31-18-9-5-8-17(12-18)24(36)37/h2,10-11,13-15,17-18H,1,3-9,12H2,(H,32,35)(H,36,37)(H2,30,31,33,34). The van der Waals surface area contributed by atoms with Crippen molar-refractivity contribution < 1.29 is 27.9 Å². The molecule has 0 spiro atoms. The minimum Gasteiger partial charge on any atom is -0.481 e. The van der Waals surface area contributed by atoms with Gasteiger partial charge >= 0.3 is 12.1 Å². The van der Waals surface area contributed by atoms with Gasteiger partial charge in [-0.1, -0.05) is 31.9 Å². The number of nitrogens with one attached hydrogen (secondary N) is 3. The average Bonchev–Trinajstić information content (AvgIpc) is 3.39. The van der Waals surface area contributed by atoms with Crippen molar-refractivity contribution in [1.82, 2.24) is 9.97 Å². The van der Waals surface area contributed by atoms with E-state index in [-0.39, 0.29) is 17.7 Å². The van der Waals surface area contributed by atoms with Gasteiger partial charge in [0, 0.05) is 12.2 Å². The molecule has 0 radical (unpaired) electrons. The van der Waals surface area contributed by atoms with Crippen LogP contribution in [0.1, 0.15) is 68.4 Å². The van der Waals surface area contributed by atoms with Crippen LogP contribution in [0.15, 0.2) is 37.1 Å². The van der Waals surface area contributed by atoms with Crippen LogP contribution in [0.2, 0.25) is 0 Å². The van der Waals surface area contributed by atoms with Gasteiger partial charge in [0.1, 0.15) is 11.4 Å². The number of hydrogen-bond acceptors (Lipinski definition) is 6. The molecule has 2 aliphatic rings. The quantitative estimate of drug-likeness (QED) is 0.314. The Balaban J connectivity index is 1.64. The molecule has 0 bridgehead atoms. The van der Waals surface area contributed by atoms with E-state index in [0.717, 1.165) is 37.3 Å². The first-order valence-electron chi connectivity index (χ1n) is 12.4. The van der Waals surface area contributed by atoms with E-state index in [9.17, 15) is 27.9 Å². The Morgan fingerprint density at radius 3 is 2.51 bits per heavy atom. The number of aromatic nitrogens is 2. The Hall–Kier alpha value is -3.63. The lowest BCUT2D eigenvalue weighted by molar-refractivity contribution is -0.143. The Labute approximate surface area is 212 Å². The van der Waals surface area contributed by atoms with Crippen LogP contribution < -0.4 is 16.0 Å². The van der Waals surface area contributed by atoms with Crippen LogP contribution in [0.4, 0.5) is 36.3 Å². The number of alkyl halides is 3. The normalized spacial score (nSPS) is 20.3. The fourth-order valence-corrected chi connectivity index (χ4v) is 5.08. The molecule has 2 aliphatic carbocycles. The molecule has 8 nitrogen and oxygen atoms in total. The lowest BCUT2D eigenvalue weighted by Crippen LogP contribution is -2.31. The summed E-state index contributed by atoms with van der Waals surface area (Å²) in [6, 6.07) is 5.00. The van der Waals surface area contributed by atoms with Crippen LogP contribution in [0.3, 0.4) is 0 Å². The molecule has 4 N–H and O–H groups in total. The number of halogens is 3. The number of benzene rings is 1. The van der Waals surface area contributed by atoms with Gasteiger partial charge in [-0.15, -0.1) is 0 Å². The van der Waals surface area contributed by atoms with Gasteiger partial charge in [0.25, 0.3) is 0 Å². The molecule has 1 aromatic carbocycles. The molecule has 37 heavy (non-hydrogen) atoms. The summed E-state index contributed by atoms with van der Waals surface area (Å²) < 4.78 is 41.5. The minimum absolute atomic E-state index is 0.0363. The van der Waals surface area contributed by atoms with Crippen molar-refractivity contribution >= 4 is 35.0 Å². The van der Waals surface area contributed by atoms with E-state index in [4.69, 9.17) is 0 Å². The number of rotatable bonds is 8. The highest BCUT2D eigenvalue weighted by Crippen LogP contribution is 2.40. The molecule has 11 heteroatoms. The fraction of sp³-hybridized carbons (Fsp3) is 0.462. The largest absolute Gasteiger partial charge is 0.481 e. The van der Waals surface area contributed by atoms with Gasteiger partial charge in [-0.3, -0.25) is 9.59 Å². The molecule has 1 amide bonds. The number of carboxylic acid groups (broad SMARTS) is 1. The van der Waals surface area contributed by atoms with Crippen molar-refractivity contribution in [3.05, 3.63) is 48.2 Å². The molecule has 2 unspecified atom stereocenters. The second kappa shape index (κ2) is 11.2. The monoisotopic (exact) mass is 517 g/mol. The average molecular weight is 518 g/mol. The van der Waals surface area contributed by atoms with E-state index in [1.165, 1.54) is 0 Å². The maximum absolute atomic E-state index is 13.8. The highest BCUT2D eigenvalue weighted by Gasteiger charge is 2.36. The molecule has 2 fully saturated rings. The second-order valence-corrected chi connectivity index (χ2v) is 9.60. The first kappa shape index (κ1) is 26.4. The Kier molecular flexibility index (Phi) is 7.99. The number of carbonyl (C=O) groups is 2. The summed E-state index contributed by atoms with van der Waals surface area (Å²) >= 11 is 0. The smallest absolute Gasteiger partial charge is 0.421 e. The number of carboxylic acids is 1. The zero-order valence-electron chi connectivity index (χ0n) is 20.3. The molecule has 4 rings (SSSR count). The lowest BCUT2D eigenvalue weighted by atomic mass is 9.86. The molecule has 0 aliphatic heterocycles. The van der Waals surface area contributed by atoms with Crippen LogP contribution in [-0.2, 0) is 15.8 Å². The summed E-state index contributed by atoms with van der Waals surface area (Å²) in [6.07, 6.45) is 3.56. The highest BCUT2D eigenvalue weighted by molar-refractivity contribution is 6.01. The molecular formula is C26H30F3N5O3. The molecule has 2 aromatic rings. The first-order chi connectivity index (χ1) is 17.6. The Morgan fingerprint density at radius 2 is 1.84 bits per heavy atom. The van der Waals surface area contributed by atoms with Gasteiger partial charge in [-0.25, -0.2) is 4.98 Å². The van der Waals surface area contributed by atoms with E-state index >= 15 is 0 Å². The zero-order valence-corrected chi connectivity index (χ0v) is 20.3. The van der Waals surface area contributed by atoms with E-state index in [1.54, 1.807) is 12.1 Å². The first-order valence-corrected chi connectivity index (χ1v) is 12.4. The number of carbonyl (C=O) groups excluding carboxylic acids is 1. The van der Waals surface area contributed by atoms with E-state index in [1.807, 2.05) is 6.07 Å². The van der Waals surface area contributed by atoms with Gasteiger partial charge in [-0.05, 0) is 61.8 Å². The Bertz CT molecular complexity index is 1160. The van der Waals surface area contributed by atoms with Crippen LogP contribution in [0, 0.1) is 5.92 Å². The predicted molar refractivity (Wildman–Crippen MR) is 134 cm³/mol. The summed E-state index contributed by atoms with van der Waals surface area (Å²) in [5.74, 6) is -2.08. The molecule has 0 saturated heterocycles. The third-order valence-electron chi connectivity index (χ3n) is 7.02. The highest BCUT2D eigenvalue weighted by atomic mass is 19.4. The maximum atomic E-state index is 13.8. The number of nitrogens with zero attached hydrogens (tertiary/aromatic N) is 2. The van der Waals surface area contributed by atoms with E-state index < -0.39 is 35.4 Å². The van der Waals surface area contributed by atoms with Crippen molar-refractivity contribution in [1.29, 1.82) is 0 Å². The molecule has 1 heterocycles. The zero-order chi connectivity index (χ0) is 26.6. The van der Waals surface area contributed by atoms with Crippen molar-refractivity contribution in [2.24, 2.45) is 5.92 Å². The summed E-state index contributed by atoms with van der Waals surface area (Å²) in [6.45, 7) is 3.45. The molecular weight excluding hydrogens is 487 g/mol. The van der Waals surface area contributed by atoms with Crippen LogP contribution in [0.5, 0.6) is 0 Å². The second-order valence-electron chi connectivity index (χ2n) is 9.60. The number of hydrogen-bond donors (Lipinski definition) is 4. The minimum atomic E-state index is -4.73. The van der Waals surface area contributed by atoms with Crippen molar-refractivity contribution in [3.63, 3.8) is 0 Å². The third kappa shape index (κ3) is 6.58. The van der Waals surface area contributed by atoms with Gasteiger partial charge in [0.15, 0.2) is 0 Å². The summed E-state index contributed by atoms with van der Waals surface area (Å²) in [7, 11) is 0. The lowest BCUT2D eigenvalue weighted by Gasteiger charge is -2.27. The molecule has 2 atom stereocenters. The molecule has 2 saturated carbocycles. The summed E-state index contributed by atoms with van der Waals surface area (Å²) in [5, 5.41) is 17.7. The van der Waals surface area contributed by atoms with Crippen molar-refractivity contribution in [2.75, 3.05) is 16.0 Å². The van der Waals surface area contributed by atoms with Crippen molar-refractivity contribution in [3.8, 4) is 0 Å². The van der Waals surface area contributed by atoms with Gasteiger partial charge < -0.3 is 21.1 Å². The van der Waals surface area contributed by atoms with Crippen LogP contribution in [-0.4, -0.2) is 33.0 Å². The summed E-state index contributed by atoms with van der Waals surface area (Å²) in [4.78, 5) is 31.4. The van der Waals surface area contributed by atoms with Crippen molar-refractivity contribution in [2.45, 2.75) is 69.5 Å². The van der Waals surface area contributed by atoms with E-state index in [0.29, 0.717) is 43.5 Å². The topological polar surface area (TPSA) is 116 Å². The van der Waals surface area contributed by atoms with Crippen LogP contribution in [0.25, 0.3) is 0 Å². The van der Waals surface area contributed by atoms with Gasteiger partial charge in [-0.2, -0.15) is 18.2 Å². The third-order valence-corrected chi connectivity index (χ3v) is 7.02. The molecule has 1 aromatic heterocycles. The fourth-order valence-electron chi connectivity index (χ4n) is 5.08. The van der Waals surface area contributed by atoms with E-state index in [2.05, 4.69) is 32.5 Å². The molecule has 198 valence electrons. The SMILES string of the molecule is C=CC(=O)Nc1cc(C2CCCC2)ccc1Nc1nc(NC2CCCC(C(=O)O)C2)ncc1C(F)(F)F. The predicted octanol–water partition coefficient (Wildman–Crippen LogP) is 6.08. The van der Waals surface area contributed by atoms with Gasteiger partial charge in [0.2, 0.25) is 11.9 Å². The maximum Gasteiger partial charge on any atom is 0.421 e. The van der Waals surface area contributed by atoms with Gasteiger partial charge in [0.05, 0.1) is 17.3 Å². The number of amides is 1. The summed E-state index contributed by atoms with van der Waals surface area (Å²) in [5.41, 5.74) is 0.516. The Morgan fingerprint density at radius 1 is 1.08 bits per heavy atom.